The molecule has 4 nitrogen and oxygen atoms in total. The maximum atomic E-state index is 12.3. The molecule has 0 radical (unpaired) electrons. The molecule has 4 heteroatoms. The average Bonchev–Trinajstić information content (AvgIpc) is 2.58. The van der Waals surface area contributed by atoms with E-state index in [0.717, 1.165) is 5.56 Å². The lowest BCUT2D eigenvalue weighted by molar-refractivity contribution is -0.139. The number of rotatable bonds is 6. The molecule has 0 unspecified atom stereocenters. The van der Waals surface area contributed by atoms with E-state index in [0.29, 0.717) is 5.56 Å². The van der Waals surface area contributed by atoms with Gasteiger partial charge in [0, 0.05) is 12.5 Å². The number of amides is 1. The number of esters is 1. The Morgan fingerprint density at radius 2 is 1.65 bits per heavy atom. The van der Waals surface area contributed by atoms with Crippen LogP contribution in [0.5, 0.6) is 0 Å². The first-order chi connectivity index (χ1) is 11.2. The average molecular weight is 309 g/mol. The lowest BCUT2D eigenvalue weighted by Crippen LogP contribution is -2.27. The van der Waals surface area contributed by atoms with Gasteiger partial charge >= 0.3 is 5.97 Å². The van der Waals surface area contributed by atoms with Crippen molar-refractivity contribution in [3.8, 4) is 0 Å². The molecule has 2 aromatic carbocycles. The number of carbonyl (C=O) groups is 2. The summed E-state index contributed by atoms with van der Waals surface area (Å²) >= 11 is 0. The predicted octanol–water partition coefficient (Wildman–Crippen LogP) is 3.28. The minimum Gasteiger partial charge on any atom is -0.462 e. The van der Waals surface area contributed by atoms with Gasteiger partial charge in [-0.25, -0.2) is 0 Å². The molecule has 0 aliphatic heterocycles. The lowest BCUT2D eigenvalue weighted by Gasteiger charge is -2.16. The van der Waals surface area contributed by atoms with Crippen LogP contribution in [0.25, 0.3) is 0 Å². The maximum absolute atomic E-state index is 12.3. The second-order valence-electron chi connectivity index (χ2n) is 4.96. The number of benzene rings is 2. The van der Waals surface area contributed by atoms with Crippen molar-refractivity contribution in [1.82, 2.24) is 5.32 Å². The molecule has 2 aromatic rings. The van der Waals surface area contributed by atoms with E-state index >= 15 is 0 Å². The predicted molar refractivity (Wildman–Crippen MR) is 88.9 cm³/mol. The Bertz CT molecular complexity index is 666. The van der Waals surface area contributed by atoms with Crippen LogP contribution in [0, 0.1) is 0 Å². The van der Waals surface area contributed by atoms with E-state index in [1.807, 2.05) is 54.6 Å². The summed E-state index contributed by atoms with van der Waals surface area (Å²) in [6, 6.07) is 18.4. The first-order valence-corrected chi connectivity index (χ1v) is 7.37. The van der Waals surface area contributed by atoms with Crippen molar-refractivity contribution in [2.75, 3.05) is 6.61 Å². The minimum absolute atomic E-state index is 0.156. The van der Waals surface area contributed by atoms with Crippen molar-refractivity contribution >= 4 is 11.9 Å². The number of hydrogen-bond donors (Lipinski definition) is 1. The van der Waals surface area contributed by atoms with Crippen LogP contribution in [0.4, 0.5) is 0 Å². The van der Waals surface area contributed by atoms with E-state index in [2.05, 4.69) is 5.32 Å². The summed E-state index contributed by atoms with van der Waals surface area (Å²) in [4.78, 5) is 23.1. The van der Waals surface area contributed by atoms with Crippen molar-refractivity contribution < 1.29 is 14.3 Å². The van der Waals surface area contributed by atoms with Crippen molar-refractivity contribution in [1.29, 1.82) is 0 Å². The van der Waals surface area contributed by atoms with Gasteiger partial charge in [0.05, 0.1) is 6.04 Å². The summed E-state index contributed by atoms with van der Waals surface area (Å²) in [5.41, 5.74) is 1.55. The van der Waals surface area contributed by atoms with Crippen LogP contribution < -0.4 is 5.32 Å². The van der Waals surface area contributed by atoms with Crippen LogP contribution in [0.15, 0.2) is 72.8 Å². The molecule has 118 valence electrons. The van der Waals surface area contributed by atoms with Gasteiger partial charge in [0.1, 0.15) is 6.61 Å². The Kier molecular flexibility index (Phi) is 6.12. The molecule has 0 spiro atoms. The molecule has 1 amide bonds. The standard InChI is InChI=1S/C19H19NO3/c1-15(21)23-14-8-13-18(16-9-4-2-5-10-16)20-19(22)17-11-6-3-7-12-17/h2-13,18H,14H2,1H3,(H,20,22)/b13-8+/t18-/m1/s1. The van der Waals surface area contributed by atoms with Crippen molar-refractivity contribution in [2.24, 2.45) is 0 Å². The van der Waals surface area contributed by atoms with Gasteiger partial charge in [-0.1, -0.05) is 54.6 Å². The Hall–Kier alpha value is -2.88. The topological polar surface area (TPSA) is 55.4 Å². The smallest absolute Gasteiger partial charge is 0.302 e. The van der Waals surface area contributed by atoms with Gasteiger partial charge in [-0.3, -0.25) is 9.59 Å². The van der Waals surface area contributed by atoms with E-state index in [4.69, 9.17) is 4.74 Å². The molecule has 23 heavy (non-hydrogen) atoms. The van der Waals surface area contributed by atoms with E-state index in [-0.39, 0.29) is 24.5 Å². The zero-order chi connectivity index (χ0) is 16.5. The monoisotopic (exact) mass is 309 g/mol. The second kappa shape index (κ2) is 8.54. The molecule has 0 heterocycles. The summed E-state index contributed by atoms with van der Waals surface area (Å²) in [7, 11) is 0. The highest BCUT2D eigenvalue weighted by Crippen LogP contribution is 2.15. The highest BCUT2D eigenvalue weighted by molar-refractivity contribution is 5.94. The molecule has 0 aliphatic carbocycles. The molecular formula is C19H19NO3. The van der Waals surface area contributed by atoms with Crippen LogP contribution in [-0.2, 0) is 9.53 Å². The van der Waals surface area contributed by atoms with Crippen LogP contribution >= 0.6 is 0 Å². The molecule has 2 rings (SSSR count). The van der Waals surface area contributed by atoms with Crippen molar-refractivity contribution in [3.05, 3.63) is 83.9 Å². The number of carbonyl (C=O) groups excluding carboxylic acids is 2. The van der Waals surface area contributed by atoms with Gasteiger partial charge in [0.2, 0.25) is 0 Å². The Labute approximate surface area is 135 Å². The van der Waals surface area contributed by atoms with Gasteiger partial charge < -0.3 is 10.1 Å². The fourth-order valence-corrected chi connectivity index (χ4v) is 2.07. The maximum Gasteiger partial charge on any atom is 0.302 e. The molecule has 1 N–H and O–H groups in total. The fourth-order valence-electron chi connectivity index (χ4n) is 2.07. The zero-order valence-electron chi connectivity index (χ0n) is 12.9. The first kappa shape index (κ1) is 16.5. The van der Waals surface area contributed by atoms with Crippen molar-refractivity contribution in [3.63, 3.8) is 0 Å². The number of hydrogen-bond acceptors (Lipinski definition) is 3. The largest absolute Gasteiger partial charge is 0.462 e. The third-order valence-electron chi connectivity index (χ3n) is 3.19. The zero-order valence-corrected chi connectivity index (χ0v) is 12.9. The highest BCUT2D eigenvalue weighted by Gasteiger charge is 2.12. The summed E-state index contributed by atoms with van der Waals surface area (Å²) in [6.45, 7) is 1.54. The molecule has 0 saturated carbocycles. The normalized spacial score (nSPS) is 11.9. The molecule has 0 bridgehead atoms. The van der Waals surface area contributed by atoms with Gasteiger partial charge in [-0.15, -0.1) is 0 Å². The highest BCUT2D eigenvalue weighted by atomic mass is 16.5. The summed E-state index contributed by atoms with van der Waals surface area (Å²) in [6.07, 6.45) is 3.55. The molecule has 0 aliphatic rings. The van der Waals surface area contributed by atoms with E-state index < -0.39 is 0 Å². The van der Waals surface area contributed by atoms with Crippen LogP contribution in [-0.4, -0.2) is 18.5 Å². The van der Waals surface area contributed by atoms with Crippen molar-refractivity contribution in [2.45, 2.75) is 13.0 Å². The third kappa shape index (κ3) is 5.43. The van der Waals surface area contributed by atoms with E-state index in [1.54, 1.807) is 18.2 Å². The molecular weight excluding hydrogens is 290 g/mol. The molecule has 0 aromatic heterocycles. The fraction of sp³-hybridized carbons (Fsp3) is 0.158. The van der Waals surface area contributed by atoms with Crippen LogP contribution in [0.3, 0.4) is 0 Å². The van der Waals surface area contributed by atoms with Crippen LogP contribution in [0.2, 0.25) is 0 Å². The number of nitrogens with one attached hydrogen (secondary N) is 1. The quantitative estimate of drug-likeness (QED) is 0.658. The van der Waals surface area contributed by atoms with Gasteiger partial charge in [-0.2, -0.15) is 0 Å². The Morgan fingerprint density at radius 3 is 2.26 bits per heavy atom. The van der Waals surface area contributed by atoms with E-state index in [1.165, 1.54) is 6.92 Å². The summed E-state index contributed by atoms with van der Waals surface area (Å²) in [5.74, 6) is -0.490. The van der Waals surface area contributed by atoms with Gasteiger partial charge in [0.15, 0.2) is 0 Å². The third-order valence-corrected chi connectivity index (χ3v) is 3.19. The second-order valence-corrected chi connectivity index (χ2v) is 4.96. The number of ether oxygens (including phenoxy) is 1. The van der Waals surface area contributed by atoms with Crippen LogP contribution in [0.1, 0.15) is 28.9 Å². The lowest BCUT2D eigenvalue weighted by atomic mass is 10.1. The molecule has 0 saturated heterocycles. The first-order valence-electron chi connectivity index (χ1n) is 7.37. The van der Waals surface area contributed by atoms with Gasteiger partial charge in [-0.05, 0) is 23.8 Å². The minimum atomic E-state index is -0.334. The van der Waals surface area contributed by atoms with Gasteiger partial charge in [0.25, 0.3) is 5.91 Å². The van der Waals surface area contributed by atoms with E-state index in [9.17, 15) is 9.59 Å². The molecule has 1 atom stereocenters. The SMILES string of the molecule is CC(=O)OC/C=C/[C@@H](NC(=O)c1ccccc1)c1ccccc1. The Balaban J connectivity index is 2.10. The summed E-state index contributed by atoms with van der Waals surface area (Å²) < 4.78 is 4.88. The molecule has 0 fully saturated rings. The summed E-state index contributed by atoms with van der Waals surface area (Å²) in [5, 5.41) is 2.97. The Morgan fingerprint density at radius 1 is 1.04 bits per heavy atom.